The van der Waals surface area contributed by atoms with E-state index in [1.165, 1.54) is 0 Å². The molecule has 1 fully saturated rings. The molecule has 26 heavy (non-hydrogen) atoms. The van der Waals surface area contributed by atoms with Crippen LogP contribution in [0.3, 0.4) is 0 Å². The van der Waals surface area contributed by atoms with Gasteiger partial charge in [-0.05, 0) is 50.2 Å². The number of anilines is 1. The molecule has 6 heteroatoms. The number of Topliss-reactive ketones (excluding diaryl/α,β-unsaturated/α-hetero) is 1. The van der Waals surface area contributed by atoms with Gasteiger partial charge in [-0.15, -0.1) is 0 Å². The largest absolute Gasteiger partial charge is 0.462 e. The molecule has 0 bridgehead atoms. The van der Waals surface area contributed by atoms with Gasteiger partial charge in [0.15, 0.2) is 0 Å². The summed E-state index contributed by atoms with van der Waals surface area (Å²) in [5.74, 6) is -0.149. The van der Waals surface area contributed by atoms with E-state index in [0.29, 0.717) is 43.0 Å². The van der Waals surface area contributed by atoms with E-state index >= 15 is 0 Å². The highest BCUT2D eigenvalue weighted by atomic mass is 16.5. The summed E-state index contributed by atoms with van der Waals surface area (Å²) in [5, 5.41) is 2.84. The third kappa shape index (κ3) is 4.12. The van der Waals surface area contributed by atoms with Gasteiger partial charge in [-0.3, -0.25) is 9.59 Å². The highest BCUT2D eigenvalue weighted by Gasteiger charge is 2.36. The van der Waals surface area contributed by atoms with Crippen LogP contribution in [-0.2, 0) is 14.3 Å². The van der Waals surface area contributed by atoms with E-state index in [4.69, 9.17) is 4.74 Å². The fourth-order valence-electron chi connectivity index (χ4n) is 3.57. The molecule has 2 aliphatic rings. The third-order valence-corrected chi connectivity index (χ3v) is 4.90. The number of benzene rings is 1. The van der Waals surface area contributed by atoms with Gasteiger partial charge in [0, 0.05) is 31.1 Å². The fourth-order valence-corrected chi connectivity index (χ4v) is 3.57. The third-order valence-electron chi connectivity index (χ3n) is 4.90. The Labute approximate surface area is 153 Å². The van der Waals surface area contributed by atoms with E-state index in [0.717, 1.165) is 12.8 Å². The molecule has 1 aliphatic heterocycles. The molecule has 0 saturated heterocycles. The van der Waals surface area contributed by atoms with Crippen LogP contribution in [0.5, 0.6) is 0 Å². The first-order valence-corrected chi connectivity index (χ1v) is 9.12. The second kappa shape index (κ2) is 8.17. The quantitative estimate of drug-likeness (QED) is 0.793. The summed E-state index contributed by atoms with van der Waals surface area (Å²) in [7, 11) is 0. The molecule has 1 heterocycles. The first kappa shape index (κ1) is 18.2. The van der Waals surface area contributed by atoms with Crippen LogP contribution < -0.4 is 5.32 Å². The van der Waals surface area contributed by atoms with Crippen molar-refractivity contribution in [3.8, 4) is 0 Å². The molecule has 1 aromatic carbocycles. The predicted octanol–water partition coefficient (Wildman–Crippen LogP) is 2.76. The summed E-state index contributed by atoms with van der Waals surface area (Å²) in [6.07, 6.45) is 6.87. The fraction of sp³-hybridized carbons (Fsp3) is 0.450. The Kier molecular flexibility index (Phi) is 5.71. The maximum absolute atomic E-state index is 12.2. The zero-order valence-corrected chi connectivity index (χ0v) is 14.9. The predicted molar refractivity (Wildman–Crippen MR) is 97.6 cm³/mol. The molecule has 0 radical (unpaired) electrons. The van der Waals surface area contributed by atoms with E-state index in [9.17, 15) is 14.4 Å². The number of amides is 1. The number of fused-ring (bicyclic) bond motifs is 1. The molecule has 0 spiro atoms. The molecule has 1 saturated carbocycles. The summed E-state index contributed by atoms with van der Waals surface area (Å²) in [4.78, 5) is 37.9. The summed E-state index contributed by atoms with van der Waals surface area (Å²) in [5.41, 5.74) is 1.10. The number of ether oxygens (including phenoxy) is 1. The number of hydrogen-bond donors (Lipinski definition) is 1. The summed E-state index contributed by atoms with van der Waals surface area (Å²) in [6.45, 7) is 2.68. The maximum Gasteiger partial charge on any atom is 0.338 e. The van der Waals surface area contributed by atoms with Crippen LogP contribution in [0.1, 0.15) is 43.0 Å². The Morgan fingerprint density at radius 3 is 2.77 bits per heavy atom. The number of carbonyl (C=O) groups excluding carboxylic acids is 3. The number of hydrogen-bond acceptors (Lipinski definition) is 5. The van der Waals surface area contributed by atoms with Crippen molar-refractivity contribution in [2.45, 2.75) is 38.6 Å². The second-order valence-electron chi connectivity index (χ2n) is 6.63. The first-order chi connectivity index (χ1) is 12.6. The SMILES string of the molecule is CCOC(=O)c1ccc(NC(=O)CCN2C=CC3C(=O)CCCC32)cc1. The van der Waals surface area contributed by atoms with Crippen molar-refractivity contribution in [3.05, 3.63) is 42.1 Å². The van der Waals surface area contributed by atoms with Crippen molar-refractivity contribution in [2.24, 2.45) is 5.92 Å². The van der Waals surface area contributed by atoms with E-state index in [1.807, 2.05) is 12.3 Å². The number of carbonyl (C=O) groups is 3. The number of nitrogens with one attached hydrogen (secondary N) is 1. The normalized spacial score (nSPS) is 21.4. The van der Waals surface area contributed by atoms with E-state index < -0.39 is 0 Å². The molecule has 138 valence electrons. The average molecular weight is 356 g/mol. The standard InChI is InChI=1S/C20H24N2O4/c1-2-26-20(25)14-6-8-15(9-7-14)21-19(24)11-13-22-12-10-16-17(22)4-3-5-18(16)23/h6-10,12,16-17H,2-5,11,13H2,1H3,(H,21,24). The molecule has 6 nitrogen and oxygen atoms in total. The number of nitrogens with zero attached hydrogens (tertiary/aromatic N) is 1. The Morgan fingerprint density at radius 1 is 1.27 bits per heavy atom. The van der Waals surface area contributed by atoms with Crippen LogP contribution in [-0.4, -0.2) is 41.8 Å². The summed E-state index contributed by atoms with van der Waals surface area (Å²) in [6, 6.07) is 6.86. The van der Waals surface area contributed by atoms with Crippen LogP contribution in [0.4, 0.5) is 5.69 Å². The highest BCUT2D eigenvalue weighted by molar-refractivity contribution is 5.93. The second-order valence-corrected chi connectivity index (χ2v) is 6.63. The zero-order valence-electron chi connectivity index (χ0n) is 14.9. The van der Waals surface area contributed by atoms with Crippen molar-refractivity contribution < 1.29 is 19.1 Å². The lowest BCUT2D eigenvalue weighted by molar-refractivity contribution is -0.124. The van der Waals surface area contributed by atoms with Crippen LogP contribution in [0.15, 0.2) is 36.5 Å². The number of esters is 1. The van der Waals surface area contributed by atoms with Gasteiger partial charge in [0.05, 0.1) is 18.1 Å². The van der Waals surface area contributed by atoms with Crippen molar-refractivity contribution in [1.29, 1.82) is 0 Å². The van der Waals surface area contributed by atoms with E-state index in [-0.39, 0.29) is 23.8 Å². The number of ketones is 1. The van der Waals surface area contributed by atoms with Crippen LogP contribution in [0, 0.1) is 5.92 Å². The lowest BCUT2D eigenvalue weighted by Crippen LogP contribution is -2.39. The minimum absolute atomic E-state index is 0.00207. The maximum atomic E-state index is 12.2. The lowest BCUT2D eigenvalue weighted by atomic mass is 9.84. The highest BCUT2D eigenvalue weighted by Crippen LogP contribution is 2.31. The van der Waals surface area contributed by atoms with Crippen molar-refractivity contribution in [2.75, 3.05) is 18.5 Å². The smallest absolute Gasteiger partial charge is 0.338 e. The molecule has 1 aliphatic carbocycles. The summed E-state index contributed by atoms with van der Waals surface area (Å²) < 4.78 is 4.93. The molecular formula is C20H24N2O4. The topological polar surface area (TPSA) is 75.7 Å². The van der Waals surface area contributed by atoms with Gasteiger partial charge in [0.2, 0.25) is 5.91 Å². The van der Waals surface area contributed by atoms with Crippen molar-refractivity contribution in [1.82, 2.24) is 4.90 Å². The van der Waals surface area contributed by atoms with Gasteiger partial charge >= 0.3 is 5.97 Å². The molecular weight excluding hydrogens is 332 g/mol. The number of rotatable bonds is 6. The average Bonchev–Trinajstić information content (AvgIpc) is 3.05. The molecule has 1 amide bonds. The van der Waals surface area contributed by atoms with Crippen molar-refractivity contribution in [3.63, 3.8) is 0 Å². The molecule has 2 atom stereocenters. The molecule has 1 N–H and O–H groups in total. The Hall–Kier alpha value is -2.63. The van der Waals surface area contributed by atoms with Crippen LogP contribution in [0.2, 0.25) is 0 Å². The Bertz CT molecular complexity index is 711. The Morgan fingerprint density at radius 2 is 2.04 bits per heavy atom. The van der Waals surface area contributed by atoms with Gasteiger partial charge in [-0.1, -0.05) is 6.08 Å². The monoisotopic (exact) mass is 356 g/mol. The molecule has 3 rings (SSSR count). The Balaban J connectivity index is 1.48. The summed E-state index contributed by atoms with van der Waals surface area (Å²) >= 11 is 0. The first-order valence-electron chi connectivity index (χ1n) is 9.12. The van der Waals surface area contributed by atoms with Gasteiger partial charge < -0.3 is 15.0 Å². The molecule has 2 unspecified atom stereocenters. The lowest BCUT2D eigenvalue weighted by Gasteiger charge is -2.32. The molecule has 0 aromatic heterocycles. The minimum atomic E-state index is -0.372. The molecule has 1 aromatic rings. The van der Waals surface area contributed by atoms with E-state index in [2.05, 4.69) is 10.2 Å². The van der Waals surface area contributed by atoms with Crippen LogP contribution in [0.25, 0.3) is 0 Å². The van der Waals surface area contributed by atoms with Gasteiger partial charge in [0.1, 0.15) is 5.78 Å². The van der Waals surface area contributed by atoms with Crippen molar-refractivity contribution >= 4 is 23.3 Å². The van der Waals surface area contributed by atoms with E-state index in [1.54, 1.807) is 31.2 Å². The minimum Gasteiger partial charge on any atom is -0.462 e. The zero-order chi connectivity index (χ0) is 18.5. The van der Waals surface area contributed by atoms with Crippen LogP contribution >= 0.6 is 0 Å². The van der Waals surface area contributed by atoms with Gasteiger partial charge in [-0.25, -0.2) is 4.79 Å². The van der Waals surface area contributed by atoms with Gasteiger partial charge in [0.25, 0.3) is 0 Å². The van der Waals surface area contributed by atoms with Gasteiger partial charge in [-0.2, -0.15) is 0 Å².